The molecule has 1 aromatic carbocycles. The van der Waals surface area contributed by atoms with Crippen molar-refractivity contribution in [2.75, 3.05) is 0 Å². The van der Waals surface area contributed by atoms with E-state index < -0.39 is 4.92 Å². The summed E-state index contributed by atoms with van der Waals surface area (Å²) < 4.78 is 6.36. The van der Waals surface area contributed by atoms with Gasteiger partial charge in [-0.1, -0.05) is 6.92 Å². The van der Waals surface area contributed by atoms with Crippen LogP contribution in [0.25, 0.3) is 0 Å². The molecule has 0 atom stereocenters. The Kier molecular flexibility index (Phi) is 4.85. The molecular formula is C14H14BrN3O3. The second kappa shape index (κ2) is 6.62. The third-order valence-corrected chi connectivity index (χ3v) is 3.18. The van der Waals surface area contributed by atoms with E-state index in [1.807, 2.05) is 6.92 Å². The average molecular weight is 352 g/mol. The second-order valence-corrected chi connectivity index (χ2v) is 5.32. The molecule has 1 heterocycles. The molecule has 0 spiro atoms. The first-order valence-electron chi connectivity index (χ1n) is 6.46. The van der Waals surface area contributed by atoms with Crippen LogP contribution in [0.2, 0.25) is 0 Å². The number of rotatable bonds is 5. The van der Waals surface area contributed by atoms with Crippen LogP contribution in [0.1, 0.15) is 24.7 Å². The lowest BCUT2D eigenvalue weighted by atomic mass is 10.2. The van der Waals surface area contributed by atoms with Crippen LogP contribution in [0, 0.1) is 17.0 Å². The van der Waals surface area contributed by atoms with Crippen LogP contribution in [-0.4, -0.2) is 14.9 Å². The second-order valence-electron chi connectivity index (χ2n) is 4.50. The highest BCUT2D eigenvalue weighted by Crippen LogP contribution is 2.28. The molecule has 0 aliphatic heterocycles. The molecule has 6 nitrogen and oxygen atoms in total. The molecule has 0 fully saturated rings. The topological polar surface area (TPSA) is 78.2 Å². The molecule has 7 heteroatoms. The maximum absolute atomic E-state index is 10.7. The summed E-state index contributed by atoms with van der Waals surface area (Å²) in [5, 5.41) is 10.7. The SMILES string of the molecule is CCCc1nc(Br)cc(Oc2ccc([N+](=O)[O-])cc2C)n1. The predicted octanol–water partition coefficient (Wildman–Crippen LogP) is 4.20. The monoisotopic (exact) mass is 351 g/mol. The molecule has 2 rings (SSSR count). The number of ether oxygens (including phenoxy) is 1. The van der Waals surface area contributed by atoms with Gasteiger partial charge in [0.15, 0.2) is 0 Å². The number of nitro benzene ring substituents is 1. The van der Waals surface area contributed by atoms with Crippen LogP contribution >= 0.6 is 15.9 Å². The molecule has 0 saturated carbocycles. The Morgan fingerprint density at radius 1 is 1.33 bits per heavy atom. The van der Waals surface area contributed by atoms with Gasteiger partial charge in [-0.05, 0) is 40.9 Å². The Morgan fingerprint density at radius 3 is 2.71 bits per heavy atom. The van der Waals surface area contributed by atoms with E-state index in [0.29, 0.717) is 27.6 Å². The first kappa shape index (κ1) is 15.4. The Bertz CT molecular complexity index is 677. The van der Waals surface area contributed by atoms with Gasteiger partial charge in [0.1, 0.15) is 16.2 Å². The smallest absolute Gasteiger partial charge is 0.269 e. The van der Waals surface area contributed by atoms with Gasteiger partial charge in [0, 0.05) is 24.6 Å². The van der Waals surface area contributed by atoms with Gasteiger partial charge < -0.3 is 4.74 Å². The van der Waals surface area contributed by atoms with E-state index in [1.54, 1.807) is 19.1 Å². The zero-order valence-electron chi connectivity index (χ0n) is 11.7. The molecule has 21 heavy (non-hydrogen) atoms. The fraction of sp³-hybridized carbons (Fsp3) is 0.286. The minimum atomic E-state index is -0.433. The molecule has 0 N–H and O–H groups in total. The lowest BCUT2D eigenvalue weighted by Gasteiger charge is -2.09. The molecule has 0 aliphatic rings. The number of hydrogen-bond donors (Lipinski definition) is 0. The molecular weight excluding hydrogens is 338 g/mol. The summed E-state index contributed by atoms with van der Waals surface area (Å²) in [5.41, 5.74) is 0.714. The van der Waals surface area contributed by atoms with Gasteiger partial charge in [-0.25, -0.2) is 4.98 Å². The van der Waals surface area contributed by atoms with Gasteiger partial charge in [0.25, 0.3) is 5.69 Å². The van der Waals surface area contributed by atoms with Crippen LogP contribution in [0.15, 0.2) is 28.9 Å². The van der Waals surface area contributed by atoms with Crippen LogP contribution in [0.3, 0.4) is 0 Å². The van der Waals surface area contributed by atoms with E-state index in [-0.39, 0.29) is 5.69 Å². The van der Waals surface area contributed by atoms with Crippen LogP contribution in [-0.2, 0) is 6.42 Å². The zero-order valence-corrected chi connectivity index (χ0v) is 13.3. The van der Waals surface area contributed by atoms with E-state index in [0.717, 1.165) is 12.8 Å². The Balaban J connectivity index is 2.27. The van der Waals surface area contributed by atoms with Gasteiger partial charge >= 0.3 is 0 Å². The van der Waals surface area contributed by atoms with Crippen molar-refractivity contribution in [1.29, 1.82) is 0 Å². The predicted molar refractivity (Wildman–Crippen MR) is 81.6 cm³/mol. The highest BCUT2D eigenvalue weighted by molar-refractivity contribution is 9.10. The Morgan fingerprint density at radius 2 is 2.10 bits per heavy atom. The minimum Gasteiger partial charge on any atom is -0.439 e. The van der Waals surface area contributed by atoms with Crippen molar-refractivity contribution in [3.8, 4) is 11.6 Å². The highest BCUT2D eigenvalue weighted by atomic mass is 79.9. The minimum absolute atomic E-state index is 0.0374. The highest BCUT2D eigenvalue weighted by Gasteiger charge is 2.11. The van der Waals surface area contributed by atoms with E-state index in [9.17, 15) is 10.1 Å². The number of nitro groups is 1. The van der Waals surface area contributed by atoms with E-state index >= 15 is 0 Å². The number of aryl methyl sites for hydroxylation is 2. The third kappa shape index (κ3) is 3.98. The lowest BCUT2D eigenvalue weighted by Crippen LogP contribution is -1.99. The molecule has 1 aromatic heterocycles. The Labute approximate surface area is 130 Å². The van der Waals surface area contributed by atoms with E-state index in [4.69, 9.17) is 4.74 Å². The molecule has 2 aromatic rings. The van der Waals surface area contributed by atoms with Crippen molar-refractivity contribution >= 4 is 21.6 Å². The van der Waals surface area contributed by atoms with Gasteiger partial charge in [-0.2, -0.15) is 4.98 Å². The molecule has 0 radical (unpaired) electrons. The standard InChI is InChI=1S/C14H14BrN3O3/c1-3-4-13-16-12(15)8-14(17-13)21-11-6-5-10(18(19)20)7-9(11)2/h5-8H,3-4H2,1-2H3. The summed E-state index contributed by atoms with van der Waals surface area (Å²) in [6, 6.07) is 6.12. The van der Waals surface area contributed by atoms with Gasteiger partial charge in [0.05, 0.1) is 4.92 Å². The van der Waals surface area contributed by atoms with Crippen molar-refractivity contribution in [2.45, 2.75) is 26.7 Å². The largest absolute Gasteiger partial charge is 0.439 e. The number of benzene rings is 1. The Hall–Kier alpha value is -2.02. The molecule has 110 valence electrons. The quantitative estimate of drug-likeness (QED) is 0.458. The van der Waals surface area contributed by atoms with Crippen LogP contribution < -0.4 is 4.74 Å². The summed E-state index contributed by atoms with van der Waals surface area (Å²) in [4.78, 5) is 18.9. The van der Waals surface area contributed by atoms with Gasteiger partial charge in [-0.3, -0.25) is 10.1 Å². The van der Waals surface area contributed by atoms with Gasteiger partial charge in [-0.15, -0.1) is 0 Å². The molecule has 0 saturated heterocycles. The number of hydrogen-bond acceptors (Lipinski definition) is 5. The van der Waals surface area contributed by atoms with Crippen molar-refractivity contribution in [1.82, 2.24) is 9.97 Å². The summed E-state index contributed by atoms with van der Waals surface area (Å²) in [6.07, 6.45) is 1.70. The van der Waals surface area contributed by atoms with Crippen molar-refractivity contribution < 1.29 is 9.66 Å². The average Bonchev–Trinajstić information content (AvgIpc) is 2.40. The number of aromatic nitrogens is 2. The number of non-ortho nitro benzene ring substituents is 1. The van der Waals surface area contributed by atoms with E-state index in [2.05, 4.69) is 25.9 Å². The third-order valence-electron chi connectivity index (χ3n) is 2.78. The molecule has 0 aliphatic carbocycles. The van der Waals surface area contributed by atoms with Crippen LogP contribution in [0.5, 0.6) is 11.6 Å². The number of halogens is 1. The maximum atomic E-state index is 10.7. The first-order chi connectivity index (χ1) is 9.99. The normalized spacial score (nSPS) is 10.4. The molecule has 0 unspecified atom stereocenters. The fourth-order valence-corrected chi connectivity index (χ4v) is 2.20. The number of nitrogens with zero attached hydrogens (tertiary/aromatic N) is 3. The van der Waals surface area contributed by atoms with Crippen molar-refractivity contribution in [2.24, 2.45) is 0 Å². The zero-order chi connectivity index (χ0) is 15.4. The van der Waals surface area contributed by atoms with Crippen molar-refractivity contribution in [3.63, 3.8) is 0 Å². The van der Waals surface area contributed by atoms with Gasteiger partial charge in [0.2, 0.25) is 5.88 Å². The van der Waals surface area contributed by atoms with E-state index in [1.165, 1.54) is 12.1 Å². The first-order valence-corrected chi connectivity index (χ1v) is 7.25. The maximum Gasteiger partial charge on any atom is 0.269 e. The van der Waals surface area contributed by atoms with Crippen molar-refractivity contribution in [3.05, 3.63) is 50.4 Å². The summed E-state index contributed by atoms with van der Waals surface area (Å²) in [6.45, 7) is 3.80. The summed E-state index contributed by atoms with van der Waals surface area (Å²) in [5.74, 6) is 1.65. The summed E-state index contributed by atoms with van der Waals surface area (Å²) in [7, 11) is 0. The fourth-order valence-electron chi connectivity index (χ4n) is 1.80. The summed E-state index contributed by atoms with van der Waals surface area (Å²) >= 11 is 3.33. The molecule has 0 amide bonds. The lowest BCUT2D eigenvalue weighted by molar-refractivity contribution is -0.384. The van der Waals surface area contributed by atoms with Crippen LogP contribution in [0.4, 0.5) is 5.69 Å². The molecule has 0 bridgehead atoms.